The van der Waals surface area contributed by atoms with Gasteiger partial charge in [-0.05, 0) is 91.6 Å². The Bertz CT molecular complexity index is 771. The molecule has 0 amide bonds. The van der Waals surface area contributed by atoms with Crippen molar-refractivity contribution >= 4 is 14.5 Å². The molecule has 0 N–H and O–H groups in total. The second kappa shape index (κ2) is 8.66. The van der Waals surface area contributed by atoms with Gasteiger partial charge in [0, 0.05) is 5.56 Å². The highest BCUT2D eigenvalue weighted by molar-refractivity contribution is 7.28. The van der Waals surface area contributed by atoms with Crippen LogP contribution in [-0.4, -0.2) is 0 Å². The molecular formula is C26H34FP. The van der Waals surface area contributed by atoms with Gasteiger partial charge in [-0.3, -0.25) is 0 Å². The van der Waals surface area contributed by atoms with E-state index in [4.69, 9.17) is 0 Å². The Morgan fingerprint density at radius 1 is 0.821 bits per heavy atom. The minimum atomic E-state index is -0.0743. The molecule has 0 aliphatic heterocycles. The van der Waals surface area contributed by atoms with Crippen LogP contribution in [0, 0.1) is 30.5 Å². The summed E-state index contributed by atoms with van der Waals surface area (Å²) in [4.78, 5) is 0. The fraction of sp³-hybridized carbons (Fsp3) is 0.538. The van der Waals surface area contributed by atoms with E-state index in [1.807, 2.05) is 18.2 Å². The van der Waals surface area contributed by atoms with Gasteiger partial charge >= 0.3 is 0 Å². The van der Waals surface area contributed by atoms with Crippen LogP contribution in [0.2, 0.25) is 0 Å². The van der Waals surface area contributed by atoms with Gasteiger partial charge in [0.05, 0.1) is 0 Å². The van der Waals surface area contributed by atoms with Crippen LogP contribution in [0.15, 0.2) is 36.4 Å². The van der Waals surface area contributed by atoms with Crippen LogP contribution in [-0.2, 0) is 0 Å². The van der Waals surface area contributed by atoms with Crippen LogP contribution in [0.4, 0.5) is 4.39 Å². The van der Waals surface area contributed by atoms with Gasteiger partial charge in [0.2, 0.25) is 0 Å². The van der Waals surface area contributed by atoms with Crippen molar-refractivity contribution in [1.82, 2.24) is 0 Å². The van der Waals surface area contributed by atoms with Crippen molar-refractivity contribution in [2.45, 2.75) is 71.1 Å². The smallest absolute Gasteiger partial charge is 0.131 e. The molecule has 2 saturated carbocycles. The van der Waals surface area contributed by atoms with Crippen molar-refractivity contribution in [2.75, 3.05) is 0 Å². The van der Waals surface area contributed by atoms with Crippen LogP contribution >= 0.6 is 9.24 Å². The number of rotatable bonds is 3. The van der Waals surface area contributed by atoms with Gasteiger partial charge in [-0.2, -0.15) is 0 Å². The molecule has 0 aromatic heterocycles. The fourth-order valence-electron chi connectivity index (χ4n) is 5.59. The van der Waals surface area contributed by atoms with Crippen LogP contribution in [0.1, 0.15) is 75.3 Å². The van der Waals surface area contributed by atoms with Gasteiger partial charge < -0.3 is 0 Å². The molecule has 2 heteroatoms. The van der Waals surface area contributed by atoms with Gasteiger partial charge in [0.25, 0.3) is 0 Å². The maximum atomic E-state index is 15.0. The predicted octanol–water partition coefficient (Wildman–Crippen LogP) is 7.40. The molecule has 0 bridgehead atoms. The first-order valence-corrected chi connectivity index (χ1v) is 11.7. The summed E-state index contributed by atoms with van der Waals surface area (Å²) in [5.41, 5.74) is 4.11. The highest BCUT2D eigenvalue weighted by Gasteiger charge is 2.30. The number of hydrogen-bond donors (Lipinski definition) is 0. The van der Waals surface area contributed by atoms with Crippen LogP contribution in [0.3, 0.4) is 0 Å². The number of halogens is 1. The molecule has 0 nitrogen and oxygen atoms in total. The number of aryl methyl sites for hydroxylation is 1. The average molecular weight is 397 g/mol. The maximum absolute atomic E-state index is 15.0. The third kappa shape index (κ3) is 4.35. The lowest BCUT2D eigenvalue weighted by Crippen LogP contribution is -2.25. The standard InChI is InChI=1S/C26H34FP/c1-17-3-7-19(8-4-17)20-11-13-21(14-12-20)23-15-24(27)26(25(28)16-23)22-9-5-18(2)6-10-22/h5-6,9-10,15-17,19-21H,3-4,7-8,11-14,28H2,1-2H3. The molecule has 1 unspecified atom stereocenters. The quantitative estimate of drug-likeness (QED) is 0.474. The molecule has 0 spiro atoms. The Morgan fingerprint density at radius 2 is 1.39 bits per heavy atom. The summed E-state index contributed by atoms with van der Waals surface area (Å²) in [6, 6.07) is 12.2. The van der Waals surface area contributed by atoms with E-state index >= 15 is 4.39 Å². The molecule has 0 saturated heterocycles. The highest BCUT2D eigenvalue weighted by atomic mass is 31.0. The van der Waals surface area contributed by atoms with Crippen LogP contribution in [0.25, 0.3) is 11.1 Å². The van der Waals surface area contributed by atoms with Crippen LogP contribution in [0.5, 0.6) is 0 Å². The molecule has 28 heavy (non-hydrogen) atoms. The summed E-state index contributed by atoms with van der Waals surface area (Å²) in [6.07, 6.45) is 10.8. The molecule has 2 aromatic rings. The lowest BCUT2D eigenvalue weighted by Gasteiger charge is -2.37. The largest absolute Gasteiger partial charge is 0.206 e. The van der Waals surface area contributed by atoms with Gasteiger partial charge in [-0.25, -0.2) is 4.39 Å². The van der Waals surface area contributed by atoms with E-state index in [1.165, 1.54) is 62.5 Å². The third-order valence-electron chi connectivity index (χ3n) is 7.45. The molecule has 2 fully saturated rings. The lowest BCUT2D eigenvalue weighted by molar-refractivity contribution is 0.165. The summed E-state index contributed by atoms with van der Waals surface area (Å²) in [6.45, 7) is 4.47. The molecule has 0 heterocycles. The Hall–Kier alpha value is -1.20. The fourth-order valence-corrected chi connectivity index (χ4v) is 6.09. The Labute approximate surface area is 172 Å². The van der Waals surface area contributed by atoms with Crippen molar-refractivity contribution in [3.63, 3.8) is 0 Å². The summed E-state index contributed by atoms with van der Waals surface area (Å²) in [7, 11) is 2.77. The van der Waals surface area contributed by atoms with Gasteiger partial charge in [-0.15, -0.1) is 9.24 Å². The van der Waals surface area contributed by atoms with E-state index in [2.05, 4.69) is 41.3 Å². The molecule has 1 atom stereocenters. The van der Waals surface area contributed by atoms with E-state index in [0.717, 1.165) is 34.2 Å². The van der Waals surface area contributed by atoms with Crippen molar-refractivity contribution in [2.24, 2.45) is 17.8 Å². The first-order chi connectivity index (χ1) is 13.5. The van der Waals surface area contributed by atoms with E-state index < -0.39 is 0 Å². The average Bonchev–Trinajstić information content (AvgIpc) is 2.70. The summed E-state index contributed by atoms with van der Waals surface area (Å²) >= 11 is 0. The first-order valence-electron chi connectivity index (χ1n) is 11.2. The normalized spacial score (nSPS) is 28.3. The summed E-state index contributed by atoms with van der Waals surface area (Å²) in [5.74, 6) is 3.25. The second-order valence-corrected chi connectivity index (χ2v) is 10.1. The molecule has 2 aliphatic carbocycles. The zero-order valence-electron chi connectivity index (χ0n) is 17.4. The predicted molar refractivity (Wildman–Crippen MR) is 122 cm³/mol. The second-order valence-electron chi connectivity index (χ2n) is 9.46. The van der Waals surface area contributed by atoms with Crippen molar-refractivity contribution in [3.05, 3.63) is 53.3 Å². The van der Waals surface area contributed by atoms with Crippen LogP contribution < -0.4 is 5.30 Å². The van der Waals surface area contributed by atoms with E-state index in [-0.39, 0.29) is 5.82 Å². The van der Waals surface area contributed by atoms with E-state index in [1.54, 1.807) is 0 Å². The topological polar surface area (TPSA) is 0 Å². The molecule has 150 valence electrons. The first kappa shape index (κ1) is 20.1. The molecule has 0 radical (unpaired) electrons. The molecule has 2 aromatic carbocycles. The van der Waals surface area contributed by atoms with Gasteiger partial charge in [-0.1, -0.05) is 55.7 Å². The summed E-state index contributed by atoms with van der Waals surface area (Å²) in [5, 5.41) is 0.988. The maximum Gasteiger partial charge on any atom is 0.131 e. The number of benzene rings is 2. The third-order valence-corrected chi connectivity index (χ3v) is 7.91. The zero-order valence-corrected chi connectivity index (χ0v) is 18.5. The van der Waals surface area contributed by atoms with E-state index in [0.29, 0.717) is 5.92 Å². The molecule has 2 aliphatic rings. The number of hydrogen-bond acceptors (Lipinski definition) is 0. The molecular weight excluding hydrogens is 362 g/mol. The Balaban J connectivity index is 1.45. The minimum absolute atomic E-state index is 0.0743. The zero-order chi connectivity index (χ0) is 19.7. The Kier molecular flexibility index (Phi) is 6.21. The molecule has 4 rings (SSSR count). The minimum Gasteiger partial charge on any atom is -0.206 e. The monoisotopic (exact) mass is 396 g/mol. The SMILES string of the molecule is Cc1ccc(-c2c(F)cc(C3CCC(C4CCC(C)CC4)CC3)cc2P)cc1. The summed E-state index contributed by atoms with van der Waals surface area (Å²) < 4.78 is 15.0. The van der Waals surface area contributed by atoms with Gasteiger partial charge in [0.1, 0.15) is 5.82 Å². The van der Waals surface area contributed by atoms with Crippen molar-refractivity contribution < 1.29 is 4.39 Å². The Morgan fingerprint density at radius 3 is 1.96 bits per heavy atom. The van der Waals surface area contributed by atoms with Crippen molar-refractivity contribution in [1.29, 1.82) is 0 Å². The highest BCUT2D eigenvalue weighted by Crippen LogP contribution is 2.44. The van der Waals surface area contributed by atoms with Crippen molar-refractivity contribution in [3.8, 4) is 11.1 Å². The van der Waals surface area contributed by atoms with E-state index in [9.17, 15) is 0 Å². The lowest BCUT2D eigenvalue weighted by atomic mass is 9.68. The van der Waals surface area contributed by atoms with Gasteiger partial charge in [0.15, 0.2) is 0 Å².